The number of hydrogen-bond acceptors (Lipinski definition) is 5. The first-order valence-electron chi connectivity index (χ1n) is 9.92. The molecule has 6 heteroatoms. The topological polar surface area (TPSA) is 70.2 Å². The van der Waals surface area contributed by atoms with Crippen molar-refractivity contribution in [2.75, 3.05) is 28.6 Å². The van der Waals surface area contributed by atoms with Crippen molar-refractivity contribution in [2.45, 2.75) is 26.7 Å². The molecule has 29 heavy (non-hydrogen) atoms. The zero-order valence-corrected chi connectivity index (χ0v) is 16.8. The van der Waals surface area contributed by atoms with Crippen molar-refractivity contribution in [3.8, 4) is 0 Å². The van der Waals surface area contributed by atoms with Gasteiger partial charge in [0.2, 0.25) is 5.95 Å². The molecule has 0 spiro atoms. The number of nitrogens with one attached hydrogen (secondary N) is 2. The van der Waals surface area contributed by atoms with E-state index in [0.29, 0.717) is 11.6 Å². The third-order valence-corrected chi connectivity index (χ3v) is 4.99. The number of carbonyl (C=O) groups is 1. The van der Waals surface area contributed by atoms with Gasteiger partial charge >= 0.3 is 0 Å². The molecule has 6 nitrogen and oxygen atoms in total. The molecule has 1 saturated heterocycles. The predicted octanol–water partition coefficient (Wildman–Crippen LogP) is 4.69. The third-order valence-electron chi connectivity index (χ3n) is 4.99. The summed E-state index contributed by atoms with van der Waals surface area (Å²) in [7, 11) is 0. The summed E-state index contributed by atoms with van der Waals surface area (Å²) in [6.07, 6.45) is 2.48. The average molecular weight is 387 g/mol. The van der Waals surface area contributed by atoms with Crippen LogP contribution >= 0.6 is 0 Å². The lowest BCUT2D eigenvalue weighted by molar-refractivity contribution is 0.102. The van der Waals surface area contributed by atoms with Gasteiger partial charge in [-0.2, -0.15) is 0 Å². The molecule has 1 aliphatic rings. The van der Waals surface area contributed by atoms with Crippen LogP contribution in [-0.2, 0) is 0 Å². The minimum atomic E-state index is -0.253. The van der Waals surface area contributed by atoms with Crippen molar-refractivity contribution < 1.29 is 4.79 Å². The summed E-state index contributed by atoms with van der Waals surface area (Å²) in [6, 6.07) is 17.6. The number of amides is 1. The van der Waals surface area contributed by atoms with Crippen molar-refractivity contribution in [3.63, 3.8) is 0 Å². The summed E-state index contributed by atoms with van der Waals surface area (Å²) < 4.78 is 0. The first-order valence-corrected chi connectivity index (χ1v) is 9.92. The molecule has 2 N–H and O–H groups in total. The molecular formula is C23H25N5O. The summed E-state index contributed by atoms with van der Waals surface area (Å²) in [5, 5.41) is 6.09. The van der Waals surface area contributed by atoms with Crippen molar-refractivity contribution in [3.05, 3.63) is 71.5 Å². The molecule has 4 rings (SSSR count). The van der Waals surface area contributed by atoms with Crippen molar-refractivity contribution in [1.82, 2.24) is 9.97 Å². The van der Waals surface area contributed by atoms with E-state index in [2.05, 4.69) is 37.6 Å². The number of aromatic nitrogens is 2. The molecule has 0 aliphatic carbocycles. The van der Waals surface area contributed by atoms with E-state index in [1.165, 1.54) is 24.1 Å². The van der Waals surface area contributed by atoms with E-state index in [0.717, 1.165) is 30.2 Å². The highest BCUT2D eigenvalue weighted by Crippen LogP contribution is 2.22. The zero-order valence-electron chi connectivity index (χ0n) is 16.8. The normalized spacial score (nSPS) is 13.4. The van der Waals surface area contributed by atoms with Crippen LogP contribution in [0.15, 0.2) is 54.6 Å². The number of carbonyl (C=O) groups excluding carboxylic acids is 1. The van der Waals surface area contributed by atoms with Crippen LogP contribution < -0.4 is 15.5 Å². The molecule has 1 aromatic heterocycles. The number of rotatable bonds is 5. The zero-order chi connectivity index (χ0) is 20.2. The van der Waals surface area contributed by atoms with E-state index >= 15 is 0 Å². The van der Waals surface area contributed by atoms with Crippen molar-refractivity contribution >= 4 is 28.9 Å². The van der Waals surface area contributed by atoms with Gasteiger partial charge in [-0.3, -0.25) is 4.79 Å². The highest BCUT2D eigenvalue weighted by atomic mass is 16.1. The van der Waals surface area contributed by atoms with E-state index in [9.17, 15) is 4.79 Å². The third kappa shape index (κ3) is 4.71. The molecule has 0 radical (unpaired) electrons. The van der Waals surface area contributed by atoms with E-state index in [-0.39, 0.29) is 5.91 Å². The maximum Gasteiger partial charge on any atom is 0.274 e. The molecule has 0 bridgehead atoms. The highest BCUT2D eigenvalue weighted by Gasteiger charge is 2.14. The molecule has 1 amide bonds. The summed E-state index contributed by atoms with van der Waals surface area (Å²) in [6.45, 7) is 6.09. The summed E-state index contributed by atoms with van der Waals surface area (Å²) >= 11 is 0. The van der Waals surface area contributed by atoms with Gasteiger partial charge in [-0.1, -0.05) is 17.7 Å². The second kappa shape index (κ2) is 8.31. The maximum atomic E-state index is 12.7. The molecule has 3 aromatic rings. The molecular weight excluding hydrogens is 362 g/mol. The van der Waals surface area contributed by atoms with Gasteiger partial charge in [0.15, 0.2) is 0 Å². The van der Waals surface area contributed by atoms with Crippen LogP contribution in [0.25, 0.3) is 0 Å². The van der Waals surface area contributed by atoms with Crippen molar-refractivity contribution in [2.24, 2.45) is 0 Å². The Morgan fingerprint density at radius 1 is 0.897 bits per heavy atom. The molecule has 0 unspecified atom stereocenters. The van der Waals surface area contributed by atoms with Gasteiger partial charge in [0.1, 0.15) is 5.69 Å². The fourth-order valence-corrected chi connectivity index (χ4v) is 3.43. The number of benzene rings is 2. The molecule has 148 valence electrons. The van der Waals surface area contributed by atoms with Gasteiger partial charge in [-0.15, -0.1) is 0 Å². The lowest BCUT2D eigenvalue weighted by atomic mass is 10.2. The first-order chi connectivity index (χ1) is 14.1. The second-order valence-corrected chi connectivity index (χ2v) is 7.40. The number of hydrogen-bond donors (Lipinski definition) is 2. The molecule has 0 saturated carbocycles. The lowest BCUT2D eigenvalue weighted by Gasteiger charge is -2.17. The minimum Gasteiger partial charge on any atom is -0.372 e. The summed E-state index contributed by atoms with van der Waals surface area (Å²) in [4.78, 5) is 23.9. The molecule has 1 aliphatic heterocycles. The lowest BCUT2D eigenvalue weighted by Crippen LogP contribution is -2.18. The Kier molecular flexibility index (Phi) is 5.42. The van der Waals surface area contributed by atoms with E-state index < -0.39 is 0 Å². The largest absolute Gasteiger partial charge is 0.372 e. The number of nitrogens with zero attached hydrogens (tertiary/aromatic N) is 3. The van der Waals surface area contributed by atoms with Gasteiger partial charge in [-0.05, 0) is 69.2 Å². The van der Waals surface area contributed by atoms with Gasteiger partial charge < -0.3 is 15.5 Å². The molecule has 1 fully saturated rings. The number of aryl methyl sites for hydroxylation is 2. The van der Waals surface area contributed by atoms with Gasteiger partial charge in [0, 0.05) is 35.8 Å². The Morgan fingerprint density at radius 3 is 2.24 bits per heavy atom. The quantitative estimate of drug-likeness (QED) is 0.665. The standard InChI is InChI=1S/C23H25N5O/c1-16-5-7-19(8-6-16)26-23-24-17(2)15-21(27-23)22(29)25-18-9-11-20(12-10-18)28-13-3-4-14-28/h5-12,15H,3-4,13-14H2,1-2H3,(H,25,29)(H,24,26,27). The second-order valence-electron chi connectivity index (χ2n) is 7.40. The fraction of sp³-hybridized carbons (Fsp3) is 0.261. The minimum absolute atomic E-state index is 0.253. The van der Waals surface area contributed by atoms with Crippen LogP contribution in [0.4, 0.5) is 23.0 Å². The smallest absolute Gasteiger partial charge is 0.274 e. The van der Waals surface area contributed by atoms with Crippen LogP contribution in [0.5, 0.6) is 0 Å². The SMILES string of the molecule is Cc1ccc(Nc2nc(C)cc(C(=O)Nc3ccc(N4CCCC4)cc3)n2)cc1. The Hall–Kier alpha value is -3.41. The van der Waals surface area contributed by atoms with Crippen LogP contribution in [0.2, 0.25) is 0 Å². The Labute approximate surface area is 171 Å². The van der Waals surface area contributed by atoms with Crippen LogP contribution in [0, 0.1) is 13.8 Å². The highest BCUT2D eigenvalue weighted by molar-refractivity contribution is 6.03. The van der Waals surface area contributed by atoms with E-state index in [1.54, 1.807) is 6.07 Å². The Bertz CT molecular complexity index is 993. The molecule has 0 atom stereocenters. The first kappa shape index (κ1) is 18.9. The monoisotopic (exact) mass is 387 g/mol. The fourth-order valence-electron chi connectivity index (χ4n) is 3.43. The predicted molar refractivity (Wildman–Crippen MR) is 117 cm³/mol. The molecule has 2 aromatic carbocycles. The van der Waals surface area contributed by atoms with E-state index in [1.807, 2.05) is 50.2 Å². The van der Waals surface area contributed by atoms with Gasteiger partial charge in [0.05, 0.1) is 0 Å². The Morgan fingerprint density at radius 2 is 1.55 bits per heavy atom. The van der Waals surface area contributed by atoms with Gasteiger partial charge in [-0.25, -0.2) is 9.97 Å². The summed E-state index contributed by atoms with van der Waals surface area (Å²) in [5.41, 5.74) is 5.06. The maximum absolute atomic E-state index is 12.7. The average Bonchev–Trinajstić information content (AvgIpc) is 3.25. The van der Waals surface area contributed by atoms with Crippen molar-refractivity contribution in [1.29, 1.82) is 0 Å². The molecule has 2 heterocycles. The van der Waals surface area contributed by atoms with Crippen LogP contribution in [-0.4, -0.2) is 29.0 Å². The van der Waals surface area contributed by atoms with Gasteiger partial charge in [0.25, 0.3) is 5.91 Å². The Balaban J connectivity index is 1.46. The van der Waals surface area contributed by atoms with Crippen LogP contribution in [0.3, 0.4) is 0 Å². The number of anilines is 4. The summed E-state index contributed by atoms with van der Waals surface area (Å²) in [5.74, 6) is 0.153. The van der Waals surface area contributed by atoms with Crippen LogP contribution in [0.1, 0.15) is 34.6 Å². The van der Waals surface area contributed by atoms with E-state index in [4.69, 9.17) is 0 Å².